The van der Waals surface area contributed by atoms with Crippen molar-refractivity contribution in [2.45, 2.75) is 62.8 Å². The Morgan fingerprint density at radius 2 is 1.44 bits per heavy atom. The SMILES string of the molecule is CC(=O)N[C@@H](Cc1ccc(O)cc1)C(=O)NC(Cc1ccccc1)C(=O)N[C@@](CCC[N+](=O)[O-])(N=C(N)N)C(=O)NC(Cc1c[nH]c2ccccc12)C(N)=O. The molecule has 0 spiro atoms. The minimum atomic E-state index is -2.43. The molecule has 0 aliphatic heterocycles. The highest BCUT2D eigenvalue weighted by molar-refractivity contribution is 5.99. The van der Waals surface area contributed by atoms with Gasteiger partial charge in [0, 0.05) is 61.1 Å². The lowest BCUT2D eigenvalue weighted by atomic mass is 9.98. The highest BCUT2D eigenvalue weighted by Crippen LogP contribution is 2.22. The minimum absolute atomic E-state index is 0.00417. The second-order valence-corrected chi connectivity index (χ2v) is 12.9. The molecule has 2 unspecified atom stereocenters. The van der Waals surface area contributed by atoms with E-state index < -0.39 is 77.2 Å². The number of rotatable bonds is 19. The van der Waals surface area contributed by atoms with E-state index in [0.717, 1.165) is 10.9 Å². The fourth-order valence-corrected chi connectivity index (χ4v) is 6.02. The number of benzene rings is 3. The topological polar surface area (TPSA) is 303 Å². The smallest absolute Gasteiger partial charge is 0.269 e. The van der Waals surface area contributed by atoms with Crippen LogP contribution in [0.3, 0.4) is 0 Å². The molecule has 1 aromatic heterocycles. The van der Waals surface area contributed by atoms with Crippen molar-refractivity contribution in [2.24, 2.45) is 22.2 Å². The summed E-state index contributed by atoms with van der Waals surface area (Å²) in [6, 6.07) is 17.8. The lowest BCUT2D eigenvalue weighted by molar-refractivity contribution is -0.480. The zero-order valence-corrected chi connectivity index (χ0v) is 30.0. The Morgan fingerprint density at radius 1 is 0.818 bits per heavy atom. The number of guanidine groups is 1. The summed E-state index contributed by atoms with van der Waals surface area (Å²) in [4.78, 5) is 85.2. The van der Waals surface area contributed by atoms with E-state index in [1.54, 1.807) is 54.7 Å². The van der Waals surface area contributed by atoms with Crippen LogP contribution >= 0.6 is 0 Å². The van der Waals surface area contributed by atoms with Gasteiger partial charge in [-0.25, -0.2) is 4.99 Å². The molecule has 12 N–H and O–H groups in total. The Labute approximate surface area is 315 Å². The van der Waals surface area contributed by atoms with Crippen LogP contribution in [0.1, 0.15) is 36.5 Å². The Morgan fingerprint density at radius 3 is 2.05 bits per heavy atom. The molecule has 18 heteroatoms. The van der Waals surface area contributed by atoms with Crippen LogP contribution in [0.25, 0.3) is 10.9 Å². The predicted octanol–water partition coefficient (Wildman–Crippen LogP) is 0.00380. The number of carbonyl (C=O) groups is 5. The first kappa shape index (κ1) is 40.8. The Kier molecular flexibility index (Phi) is 13.8. The molecule has 1 heterocycles. The fourth-order valence-electron chi connectivity index (χ4n) is 6.02. The number of nitrogens with one attached hydrogen (secondary N) is 5. The van der Waals surface area contributed by atoms with Crippen LogP contribution in [0.4, 0.5) is 0 Å². The summed E-state index contributed by atoms with van der Waals surface area (Å²) < 4.78 is 0. The van der Waals surface area contributed by atoms with Gasteiger partial charge >= 0.3 is 0 Å². The molecule has 0 radical (unpaired) electrons. The molecule has 290 valence electrons. The van der Waals surface area contributed by atoms with Gasteiger partial charge in [-0.2, -0.15) is 0 Å². The first-order chi connectivity index (χ1) is 26.2. The van der Waals surface area contributed by atoms with Crippen LogP contribution in [0.5, 0.6) is 5.75 Å². The van der Waals surface area contributed by atoms with Crippen LogP contribution in [0.2, 0.25) is 0 Å². The molecule has 55 heavy (non-hydrogen) atoms. The third kappa shape index (κ3) is 11.8. The number of hydrogen-bond acceptors (Lipinski definition) is 9. The number of phenolic OH excluding ortho intramolecular Hbond substituents is 1. The number of phenols is 1. The van der Waals surface area contributed by atoms with Gasteiger partial charge in [-0.15, -0.1) is 0 Å². The maximum atomic E-state index is 14.3. The van der Waals surface area contributed by atoms with Crippen LogP contribution < -0.4 is 38.5 Å². The number of primary amides is 1. The minimum Gasteiger partial charge on any atom is -0.508 e. The van der Waals surface area contributed by atoms with Crippen molar-refractivity contribution in [2.75, 3.05) is 6.54 Å². The summed E-state index contributed by atoms with van der Waals surface area (Å²) in [5, 5.41) is 32.1. The number of aliphatic imine (C=N–C) groups is 1. The Balaban J connectivity index is 1.69. The number of aromatic amines is 1. The van der Waals surface area contributed by atoms with Crippen molar-refractivity contribution < 1.29 is 34.0 Å². The number of nitro groups is 1. The third-order valence-corrected chi connectivity index (χ3v) is 8.64. The average Bonchev–Trinajstić information content (AvgIpc) is 3.53. The molecule has 4 rings (SSSR count). The molecule has 0 aliphatic carbocycles. The molecule has 0 fully saturated rings. The van der Waals surface area contributed by atoms with E-state index in [-0.39, 0.29) is 31.4 Å². The third-order valence-electron chi connectivity index (χ3n) is 8.64. The van der Waals surface area contributed by atoms with E-state index in [4.69, 9.17) is 17.2 Å². The average molecular weight is 757 g/mol. The zero-order valence-electron chi connectivity index (χ0n) is 30.0. The number of aromatic nitrogens is 1. The van der Waals surface area contributed by atoms with Gasteiger partial charge in [0.05, 0.1) is 0 Å². The Bertz CT molecular complexity index is 2030. The van der Waals surface area contributed by atoms with Crippen molar-refractivity contribution in [3.8, 4) is 5.75 Å². The summed E-state index contributed by atoms with van der Waals surface area (Å²) in [7, 11) is 0. The highest BCUT2D eigenvalue weighted by Gasteiger charge is 2.43. The van der Waals surface area contributed by atoms with Gasteiger partial charge in [0.2, 0.25) is 35.8 Å². The van der Waals surface area contributed by atoms with Crippen molar-refractivity contribution in [3.05, 3.63) is 112 Å². The molecule has 3 aromatic carbocycles. The molecule has 0 saturated carbocycles. The monoisotopic (exact) mass is 756 g/mol. The molecular formula is C37H44N10O8. The van der Waals surface area contributed by atoms with Crippen molar-refractivity contribution >= 4 is 46.4 Å². The largest absolute Gasteiger partial charge is 0.508 e. The van der Waals surface area contributed by atoms with E-state index in [9.17, 15) is 39.2 Å². The summed E-state index contributed by atoms with van der Waals surface area (Å²) in [6.45, 7) is 0.579. The second-order valence-electron chi connectivity index (χ2n) is 12.9. The molecule has 0 saturated heterocycles. The molecule has 5 amide bonds. The number of carbonyl (C=O) groups excluding carboxylic acids is 5. The summed E-state index contributed by atoms with van der Waals surface area (Å²) in [5.74, 6) is -4.99. The van der Waals surface area contributed by atoms with E-state index >= 15 is 0 Å². The van der Waals surface area contributed by atoms with E-state index in [1.807, 2.05) is 18.2 Å². The molecule has 4 atom stereocenters. The number of para-hydroxylation sites is 1. The maximum absolute atomic E-state index is 14.3. The number of fused-ring (bicyclic) bond motifs is 1. The van der Waals surface area contributed by atoms with E-state index in [2.05, 4.69) is 31.2 Å². The molecule has 0 bridgehead atoms. The first-order valence-corrected chi connectivity index (χ1v) is 17.2. The lowest BCUT2D eigenvalue weighted by Crippen LogP contribution is -2.65. The van der Waals surface area contributed by atoms with Crippen molar-refractivity contribution in [1.82, 2.24) is 26.3 Å². The first-order valence-electron chi connectivity index (χ1n) is 17.2. The van der Waals surface area contributed by atoms with Crippen LogP contribution in [0, 0.1) is 10.1 Å². The number of hydrogen-bond donors (Lipinski definition) is 9. The molecule has 4 aromatic rings. The van der Waals surface area contributed by atoms with Crippen LogP contribution in [0.15, 0.2) is 90.1 Å². The van der Waals surface area contributed by atoms with E-state index in [0.29, 0.717) is 16.7 Å². The number of H-pyrrole nitrogens is 1. The van der Waals surface area contributed by atoms with Gasteiger partial charge in [-0.1, -0.05) is 60.7 Å². The van der Waals surface area contributed by atoms with Gasteiger partial charge in [0.1, 0.15) is 23.9 Å². The van der Waals surface area contributed by atoms with Crippen LogP contribution in [-0.2, 0) is 43.2 Å². The van der Waals surface area contributed by atoms with Crippen LogP contribution in [-0.4, -0.2) is 80.8 Å². The van der Waals surface area contributed by atoms with E-state index in [1.165, 1.54) is 19.1 Å². The summed E-state index contributed by atoms with van der Waals surface area (Å²) in [5.41, 5.74) is 17.4. The van der Waals surface area contributed by atoms with Gasteiger partial charge < -0.3 is 48.6 Å². The van der Waals surface area contributed by atoms with Crippen molar-refractivity contribution in [1.29, 1.82) is 0 Å². The Hall–Kier alpha value is -6.98. The number of nitrogens with zero attached hydrogens (tertiary/aromatic N) is 2. The lowest BCUT2D eigenvalue weighted by Gasteiger charge is -2.33. The predicted molar refractivity (Wildman–Crippen MR) is 202 cm³/mol. The van der Waals surface area contributed by atoms with Gasteiger partial charge in [0.15, 0.2) is 5.96 Å². The number of amides is 5. The fraction of sp³-hybridized carbons (Fsp3) is 0.297. The summed E-state index contributed by atoms with van der Waals surface area (Å²) >= 11 is 0. The van der Waals surface area contributed by atoms with Gasteiger partial charge in [0.25, 0.3) is 5.91 Å². The molecule has 18 nitrogen and oxygen atoms in total. The zero-order chi connectivity index (χ0) is 40.1. The molecular weight excluding hydrogens is 712 g/mol. The molecule has 0 aliphatic rings. The number of nitrogens with two attached hydrogens (primary N) is 3. The maximum Gasteiger partial charge on any atom is 0.269 e. The van der Waals surface area contributed by atoms with Crippen molar-refractivity contribution in [3.63, 3.8) is 0 Å². The summed E-state index contributed by atoms with van der Waals surface area (Å²) in [6.07, 6.45) is 0.615. The quantitative estimate of drug-likeness (QED) is 0.0267. The van der Waals surface area contributed by atoms with Gasteiger partial charge in [-0.3, -0.25) is 34.1 Å². The normalized spacial score (nSPS) is 13.6. The van der Waals surface area contributed by atoms with Gasteiger partial charge in [-0.05, 0) is 34.9 Å². The second kappa shape index (κ2) is 18.7. The number of aromatic hydroxyl groups is 1. The highest BCUT2D eigenvalue weighted by atomic mass is 16.6. The standard InChI is InChI=1S/C37H44N10O8/c1-22(48)42-30(19-24-12-14-26(49)15-13-24)33(51)43-31(18-23-8-3-2-4-9-23)34(52)45-37(46-36(39)40,16-7-17-47(54)55)35(53)44-29(32(38)50)20-25-21-41-28-11-6-5-10-27(25)28/h2-6,8-15,21,29-31,41,49H,7,16-20H2,1H3,(H2,38,50)(H,42,48)(H,43,51)(H,44,53)(H,45,52)(H4,39,40,46)/t29?,30-,31?,37-/m0/s1.